The molecule has 1 aromatic carbocycles. The minimum absolute atomic E-state index is 0.00692. The Bertz CT molecular complexity index is 565. The van der Waals surface area contributed by atoms with Gasteiger partial charge in [-0.2, -0.15) is 4.98 Å². The first-order chi connectivity index (χ1) is 9.63. The standard InChI is InChI=1S/C14H19N3O3/c1-3-17(4-2)8-7-13-15-14(20-16-13)11-6-5-10(18)9-12(11)19/h5-6,9,18-19H,3-4,7-8H2,1-2H3. The van der Waals surface area contributed by atoms with Crippen molar-refractivity contribution in [2.24, 2.45) is 0 Å². The Hall–Kier alpha value is -2.08. The van der Waals surface area contributed by atoms with Crippen molar-refractivity contribution in [1.29, 1.82) is 0 Å². The highest BCUT2D eigenvalue weighted by atomic mass is 16.5. The molecule has 108 valence electrons. The largest absolute Gasteiger partial charge is 0.508 e. The van der Waals surface area contributed by atoms with Crippen LogP contribution in [0.4, 0.5) is 0 Å². The van der Waals surface area contributed by atoms with E-state index in [1.165, 1.54) is 12.1 Å². The summed E-state index contributed by atoms with van der Waals surface area (Å²) in [5.74, 6) is 0.785. The van der Waals surface area contributed by atoms with Crippen molar-refractivity contribution >= 4 is 0 Å². The maximum Gasteiger partial charge on any atom is 0.261 e. The Morgan fingerprint density at radius 1 is 1.20 bits per heavy atom. The Labute approximate surface area is 117 Å². The molecule has 0 atom stereocenters. The van der Waals surface area contributed by atoms with Crippen molar-refractivity contribution in [2.75, 3.05) is 19.6 Å². The van der Waals surface area contributed by atoms with Gasteiger partial charge in [-0.15, -0.1) is 0 Å². The summed E-state index contributed by atoms with van der Waals surface area (Å²) in [6.07, 6.45) is 0.698. The fourth-order valence-electron chi connectivity index (χ4n) is 1.96. The third-order valence-electron chi connectivity index (χ3n) is 3.23. The molecule has 0 radical (unpaired) electrons. The molecule has 0 saturated heterocycles. The smallest absolute Gasteiger partial charge is 0.261 e. The molecule has 0 unspecified atom stereocenters. The molecule has 2 N–H and O–H groups in total. The van der Waals surface area contributed by atoms with Gasteiger partial charge in [-0.3, -0.25) is 0 Å². The molecule has 6 heteroatoms. The molecule has 0 aliphatic rings. The van der Waals surface area contributed by atoms with Gasteiger partial charge in [0.25, 0.3) is 5.89 Å². The molecule has 0 aliphatic carbocycles. The van der Waals surface area contributed by atoms with Crippen LogP contribution >= 0.6 is 0 Å². The molecular weight excluding hydrogens is 258 g/mol. The van der Waals surface area contributed by atoms with Crippen LogP contribution in [0.2, 0.25) is 0 Å². The Kier molecular flexibility index (Phi) is 4.57. The average Bonchev–Trinajstić information content (AvgIpc) is 2.88. The summed E-state index contributed by atoms with van der Waals surface area (Å²) in [5, 5.41) is 22.9. The molecule has 0 aliphatic heterocycles. The van der Waals surface area contributed by atoms with Crippen LogP contribution in [0.15, 0.2) is 22.7 Å². The van der Waals surface area contributed by atoms with Gasteiger partial charge in [-0.1, -0.05) is 19.0 Å². The molecule has 0 amide bonds. The third kappa shape index (κ3) is 3.27. The van der Waals surface area contributed by atoms with Gasteiger partial charge in [-0.05, 0) is 25.2 Å². The number of hydrogen-bond acceptors (Lipinski definition) is 6. The number of aromatic hydroxyl groups is 2. The summed E-state index contributed by atoms with van der Waals surface area (Å²) in [7, 11) is 0. The van der Waals surface area contributed by atoms with Gasteiger partial charge < -0.3 is 19.6 Å². The molecule has 0 fully saturated rings. The third-order valence-corrected chi connectivity index (χ3v) is 3.23. The van der Waals surface area contributed by atoms with E-state index in [2.05, 4.69) is 28.9 Å². The summed E-state index contributed by atoms with van der Waals surface area (Å²) < 4.78 is 5.15. The van der Waals surface area contributed by atoms with E-state index in [4.69, 9.17) is 4.52 Å². The summed E-state index contributed by atoms with van der Waals surface area (Å²) in [5.41, 5.74) is 0.421. The van der Waals surface area contributed by atoms with Gasteiger partial charge >= 0.3 is 0 Å². The van der Waals surface area contributed by atoms with Gasteiger partial charge in [0, 0.05) is 19.0 Å². The molecule has 2 rings (SSSR count). The van der Waals surface area contributed by atoms with E-state index < -0.39 is 0 Å². The number of phenols is 2. The normalized spacial score (nSPS) is 11.2. The predicted octanol–water partition coefficient (Wildman–Crippen LogP) is 2.03. The molecular formula is C14H19N3O3. The molecule has 6 nitrogen and oxygen atoms in total. The zero-order valence-electron chi connectivity index (χ0n) is 11.7. The fourth-order valence-corrected chi connectivity index (χ4v) is 1.96. The second-order valence-corrected chi connectivity index (χ2v) is 4.49. The Balaban J connectivity index is 2.08. The molecule has 0 spiro atoms. The highest BCUT2D eigenvalue weighted by Gasteiger charge is 2.13. The maximum atomic E-state index is 9.75. The van der Waals surface area contributed by atoms with Crippen molar-refractivity contribution in [2.45, 2.75) is 20.3 Å². The lowest BCUT2D eigenvalue weighted by Crippen LogP contribution is -2.25. The van der Waals surface area contributed by atoms with Crippen molar-refractivity contribution in [3.05, 3.63) is 24.0 Å². The summed E-state index contributed by atoms with van der Waals surface area (Å²) in [6, 6.07) is 4.26. The van der Waals surface area contributed by atoms with Crippen LogP contribution in [0, 0.1) is 0 Å². The van der Waals surface area contributed by atoms with Crippen LogP contribution in [0.3, 0.4) is 0 Å². The van der Waals surface area contributed by atoms with Gasteiger partial charge in [0.15, 0.2) is 5.82 Å². The molecule has 0 saturated carbocycles. The lowest BCUT2D eigenvalue weighted by molar-refractivity contribution is 0.303. The lowest BCUT2D eigenvalue weighted by atomic mass is 10.2. The SMILES string of the molecule is CCN(CC)CCc1noc(-c2ccc(O)cc2O)n1. The van der Waals surface area contributed by atoms with Gasteiger partial charge in [-0.25, -0.2) is 0 Å². The minimum Gasteiger partial charge on any atom is -0.508 e. The van der Waals surface area contributed by atoms with E-state index in [0.29, 0.717) is 17.8 Å². The van der Waals surface area contributed by atoms with Crippen molar-refractivity contribution in [3.8, 4) is 23.0 Å². The number of benzene rings is 1. The van der Waals surface area contributed by atoms with Gasteiger partial charge in [0.1, 0.15) is 11.5 Å². The van der Waals surface area contributed by atoms with Crippen LogP contribution in [-0.2, 0) is 6.42 Å². The van der Waals surface area contributed by atoms with E-state index in [9.17, 15) is 10.2 Å². The Morgan fingerprint density at radius 2 is 1.95 bits per heavy atom. The first kappa shape index (κ1) is 14.3. The van der Waals surface area contributed by atoms with Crippen molar-refractivity contribution in [1.82, 2.24) is 15.0 Å². The quantitative estimate of drug-likeness (QED) is 0.840. The Morgan fingerprint density at radius 3 is 2.60 bits per heavy atom. The highest BCUT2D eigenvalue weighted by molar-refractivity contribution is 5.63. The van der Waals surface area contributed by atoms with E-state index in [1.54, 1.807) is 6.07 Å². The predicted molar refractivity (Wildman–Crippen MR) is 74.6 cm³/mol. The maximum absolute atomic E-state index is 9.75. The monoisotopic (exact) mass is 277 g/mol. The molecule has 2 aromatic rings. The lowest BCUT2D eigenvalue weighted by Gasteiger charge is -2.16. The topological polar surface area (TPSA) is 82.6 Å². The second kappa shape index (κ2) is 6.38. The van der Waals surface area contributed by atoms with E-state index in [1.807, 2.05) is 0 Å². The first-order valence-corrected chi connectivity index (χ1v) is 6.71. The number of hydrogen-bond donors (Lipinski definition) is 2. The fraction of sp³-hybridized carbons (Fsp3) is 0.429. The molecule has 0 bridgehead atoms. The average molecular weight is 277 g/mol. The number of phenolic OH excluding ortho intramolecular Hbond substituents is 2. The van der Waals surface area contributed by atoms with Crippen LogP contribution in [0.1, 0.15) is 19.7 Å². The van der Waals surface area contributed by atoms with Crippen LogP contribution < -0.4 is 0 Å². The zero-order chi connectivity index (χ0) is 14.5. The van der Waals surface area contributed by atoms with E-state index in [-0.39, 0.29) is 17.4 Å². The second-order valence-electron chi connectivity index (χ2n) is 4.49. The first-order valence-electron chi connectivity index (χ1n) is 6.71. The number of rotatable bonds is 6. The van der Waals surface area contributed by atoms with Crippen LogP contribution in [-0.4, -0.2) is 44.9 Å². The van der Waals surface area contributed by atoms with Crippen LogP contribution in [0.5, 0.6) is 11.5 Å². The van der Waals surface area contributed by atoms with Crippen molar-refractivity contribution < 1.29 is 14.7 Å². The van der Waals surface area contributed by atoms with E-state index >= 15 is 0 Å². The number of aromatic nitrogens is 2. The van der Waals surface area contributed by atoms with E-state index in [0.717, 1.165) is 19.6 Å². The van der Waals surface area contributed by atoms with Gasteiger partial charge in [0.2, 0.25) is 0 Å². The van der Waals surface area contributed by atoms with Crippen LogP contribution in [0.25, 0.3) is 11.5 Å². The van der Waals surface area contributed by atoms with Gasteiger partial charge in [0.05, 0.1) is 5.56 Å². The number of nitrogens with zero attached hydrogens (tertiary/aromatic N) is 3. The highest BCUT2D eigenvalue weighted by Crippen LogP contribution is 2.30. The minimum atomic E-state index is -0.0797. The molecule has 1 heterocycles. The molecule has 1 aromatic heterocycles. The summed E-state index contributed by atoms with van der Waals surface area (Å²) >= 11 is 0. The number of likely N-dealkylation sites (N-methyl/N-ethyl adjacent to an activating group) is 1. The summed E-state index contributed by atoms with van der Waals surface area (Å²) in [4.78, 5) is 6.54. The zero-order valence-corrected chi connectivity index (χ0v) is 11.7. The van der Waals surface area contributed by atoms with Crippen molar-refractivity contribution in [3.63, 3.8) is 0 Å². The molecule has 20 heavy (non-hydrogen) atoms. The summed E-state index contributed by atoms with van der Waals surface area (Å²) in [6.45, 7) is 7.06.